The molecule has 0 unspecified atom stereocenters. The van der Waals surface area contributed by atoms with Crippen molar-refractivity contribution in [3.8, 4) is 16.3 Å². The average molecular weight is 471 g/mol. The van der Waals surface area contributed by atoms with Crippen LogP contribution in [0.3, 0.4) is 0 Å². The number of carbonyl (C=O) groups is 2. The van der Waals surface area contributed by atoms with Crippen molar-refractivity contribution in [1.29, 1.82) is 0 Å². The Morgan fingerprint density at radius 1 is 1.06 bits per heavy atom. The number of hydrogen-bond acceptors (Lipinski definition) is 8. The summed E-state index contributed by atoms with van der Waals surface area (Å²) >= 11 is 1.62. The smallest absolute Gasteiger partial charge is 0.340 e. The van der Waals surface area contributed by atoms with Gasteiger partial charge in [0.15, 0.2) is 6.61 Å². The van der Waals surface area contributed by atoms with Gasteiger partial charge in [0.2, 0.25) is 0 Å². The highest BCUT2D eigenvalue weighted by atomic mass is 32.1. The molecule has 0 aliphatic heterocycles. The highest BCUT2D eigenvalue weighted by Gasteiger charge is 2.16. The maximum Gasteiger partial charge on any atom is 0.340 e. The first-order valence-corrected chi connectivity index (χ1v) is 11.2. The minimum absolute atomic E-state index is 0.248. The van der Waals surface area contributed by atoms with Crippen LogP contribution in [0.2, 0.25) is 0 Å². The molecule has 2 aromatic heterocycles. The van der Waals surface area contributed by atoms with Gasteiger partial charge in [-0.2, -0.15) is 4.68 Å². The second kappa shape index (κ2) is 9.20. The van der Waals surface area contributed by atoms with Crippen LogP contribution in [0, 0.1) is 6.92 Å². The van der Waals surface area contributed by atoms with Gasteiger partial charge >= 0.3 is 5.97 Å². The highest BCUT2D eigenvalue weighted by Crippen LogP contribution is 2.31. The van der Waals surface area contributed by atoms with E-state index in [0.717, 1.165) is 20.8 Å². The summed E-state index contributed by atoms with van der Waals surface area (Å²) in [6.07, 6.45) is 1.37. The molecule has 0 atom stereocenters. The molecule has 0 aliphatic carbocycles. The SMILES string of the molecule is Cc1ccc2nc(-c3ccc(NC(=O)COC(=O)c4ccccc4-n4cnnn4)cc3)sc2c1. The van der Waals surface area contributed by atoms with E-state index in [4.69, 9.17) is 4.74 Å². The van der Waals surface area contributed by atoms with Gasteiger partial charge in [0.25, 0.3) is 5.91 Å². The molecule has 2 heterocycles. The van der Waals surface area contributed by atoms with E-state index in [-0.39, 0.29) is 5.56 Å². The average Bonchev–Trinajstić information content (AvgIpc) is 3.53. The van der Waals surface area contributed by atoms with Gasteiger partial charge < -0.3 is 10.1 Å². The monoisotopic (exact) mass is 470 g/mol. The molecule has 0 saturated carbocycles. The van der Waals surface area contributed by atoms with Gasteiger partial charge in [0.05, 0.1) is 21.5 Å². The van der Waals surface area contributed by atoms with E-state index in [1.54, 1.807) is 47.7 Å². The van der Waals surface area contributed by atoms with E-state index in [2.05, 4.69) is 38.8 Å². The van der Waals surface area contributed by atoms with Crippen molar-refractivity contribution < 1.29 is 14.3 Å². The van der Waals surface area contributed by atoms with Gasteiger partial charge in [-0.15, -0.1) is 16.4 Å². The fraction of sp³-hybridized carbons (Fsp3) is 0.0833. The van der Waals surface area contributed by atoms with E-state index >= 15 is 0 Å². The van der Waals surface area contributed by atoms with Gasteiger partial charge in [-0.1, -0.05) is 18.2 Å². The first-order valence-electron chi connectivity index (χ1n) is 10.3. The largest absolute Gasteiger partial charge is 0.452 e. The number of amides is 1. The number of hydrogen-bond donors (Lipinski definition) is 1. The number of ether oxygens (including phenoxy) is 1. The molecule has 168 valence electrons. The molecule has 1 N–H and O–H groups in total. The van der Waals surface area contributed by atoms with Crippen LogP contribution < -0.4 is 5.32 Å². The number of rotatable bonds is 6. The second-order valence-corrected chi connectivity index (χ2v) is 8.49. The summed E-state index contributed by atoms with van der Waals surface area (Å²) in [4.78, 5) is 29.5. The van der Waals surface area contributed by atoms with Gasteiger partial charge in [-0.25, -0.2) is 9.78 Å². The molecule has 9 nitrogen and oxygen atoms in total. The van der Waals surface area contributed by atoms with Crippen LogP contribution in [0.15, 0.2) is 73.1 Å². The van der Waals surface area contributed by atoms with E-state index in [9.17, 15) is 9.59 Å². The summed E-state index contributed by atoms with van der Waals surface area (Å²) in [5.74, 6) is -1.10. The topological polar surface area (TPSA) is 112 Å². The number of tetrazole rings is 1. The van der Waals surface area contributed by atoms with Crippen LogP contribution >= 0.6 is 11.3 Å². The van der Waals surface area contributed by atoms with Crippen molar-refractivity contribution in [3.05, 3.63) is 84.2 Å². The molecule has 0 saturated heterocycles. The Balaban J connectivity index is 1.21. The van der Waals surface area contributed by atoms with Gasteiger partial charge in [0, 0.05) is 11.3 Å². The molecule has 3 aromatic carbocycles. The van der Waals surface area contributed by atoms with Crippen LogP contribution in [-0.2, 0) is 9.53 Å². The van der Waals surface area contributed by atoms with Crippen LogP contribution in [0.4, 0.5) is 5.69 Å². The molecule has 0 spiro atoms. The highest BCUT2D eigenvalue weighted by molar-refractivity contribution is 7.21. The van der Waals surface area contributed by atoms with Gasteiger partial charge in [-0.05, 0) is 71.4 Å². The summed E-state index contributed by atoms with van der Waals surface area (Å²) in [6.45, 7) is 1.63. The third kappa shape index (κ3) is 4.52. The lowest BCUT2D eigenvalue weighted by Gasteiger charge is -2.09. The summed E-state index contributed by atoms with van der Waals surface area (Å²) < 4.78 is 7.68. The molecule has 34 heavy (non-hydrogen) atoms. The number of nitrogens with one attached hydrogen (secondary N) is 1. The predicted octanol–water partition coefficient (Wildman–Crippen LogP) is 4.04. The quantitative estimate of drug-likeness (QED) is 0.373. The zero-order valence-corrected chi connectivity index (χ0v) is 18.8. The third-order valence-electron chi connectivity index (χ3n) is 5.01. The fourth-order valence-corrected chi connectivity index (χ4v) is 4.44. The van der Waals surface area contributed by atoms with Crippen LogP contribution in [0.5, 0.6) is 0 Å². The number of thiazole rings is 1. The van der Waals surface area contributed by atoms with Crippen molar-refractivity contribution in [2.24, 2.45) is 0 Å². The Morgan fingerprint density at radius 3 is 2.68 bits per heavy atom. The van der Waals surface area contributed by atoms with Crippen molar-refractivity contribution in [2.75, 3.05) is 11.9 Å². The van der Waals surface area contributed by atoms with E-state index in [0.29, 0.717) is 11.4 Å². The zero-order chi connectivity index (χ0) is 23.5. The first-order chi connectivity index (χ1) is 16.6. The third-order valence-corrected chi connectivity index (χ3v) is 6.08. The second-order valence-electron chi connectivity index (χ2n) is 7.46. The Labute approximate surface area is 198 Å². The molecule has 5 rings (SSSR count). The van der Waals surface area contributed by atoms with Crippen LogP contribution in [0.1, 0.15) is 15.9 Å². The summed E-state index contributed by atoms with van der Waals surface area (Å²) in [5, 5.41) is 14.6. The molecule has 0 aliphatic rings. The lowest BCUT2D eigenvalue weighted by Crippen LogP contribution is -2.21. The number of aromatic nitrogens is 5. The van der Waals surface area contributed by atoms with Gasteiger partial charge in [0.1, 0.15) is 11.3 Å². The molecule has 1 amide bonds. The fourth-order valence-electron chi connectivity index (χ4n) is 3.38. The number of nitrogens with zero attached hydrogens (tertiary/aromatic N) is 5. The van der Waals surface area contributed by atoms with Crippen LogP contribution in [-0.4, -0.2) is 43.7 Å². The molecular weight excluding hydrogens is 452 g/mol. The number of anilines is 1. The molecular formula is C24H18N6O3S. The van der Waals surface area contributed by atoms with Crippen molar-refractivity contribution >= 4 is 39.1 Å². The lowest BCUT2D eigenvalue weighted by atomic mass is 10.2. The number of aryl methyl sites for hydroxylation is 1. The van der Waals surface area contributed by atoms with E-state index in [1.165, 1.54) is 16.6 Å². The maximum absolute atomic E-state index is 12.5. The maximum atomic E-state index is 12.5. The molecule has 0 radical (unpaired) electrons. The molecule has 0 bridgehead atoms. The lowest BCUT2D eigenvalue weighted by molar-refractivity contribution is -0.119. The van der Waals surface area contributed by atoms with E-state index in [1.807, 2.05) is 24.3 Å². The number of fused-ring (bicyclic) bond motifs is 1. The van der Waals surface area contributed by atoms with Crippen LogP contribution in [0.25, 0.3) is 26.5 Å². The number of esters is 1. The Bertz CT molecular complexity index is 1480. The van der Waals surface area contributed by atoms with Crippen molar-refractivity contribution in [2.45, 2.75) is 6.92 Å². The molecule has 0 fully saturated rings. The summed E-state index contributed by atoms with van der Waals surface area (Å²) in [5.41, 5.74) is 4.42. The predicted molar refractivity (Wildman–Crippen MR) is 128 cm³/mol. The Kier molecular flexibility index (Phi) is 5.79. The summed E-state index contributed by atoms with van der Waals surface area (Å²) in [7, 11) is 0. The summed E-state index contributed by atoms with van der Waals surface area (Å²) in [6, 6.07) is 20.3. The van der Waals surface area contributed by atoms with Crippen molar-refractivity contribution in [3.63, 3.8) is 0 Å². The minimum Gasteiger partial charge on any atom is -0.452 e. The minimum atomic E-state index is -0.650. The Morgan fingerprint density at radius 2 is 1.88 bits per heavy atom. The van der Waals surface area contributed by atoms with E-state index < -0.39 is 18.5 Å². The first kappa shape index (κ1) is 21.4. The number of para-hydroxylation sites is 1. The standard InChI is InChI=1S/C24H18N6O3S/c1-15-6-11-19-21(12-15)34-23(27-19)16-7-9-17(10-8-16)26-22(31)13-33-24(32)18-4-2-3-5-20(18)30-14-25-28-29-30/h2-12,14H,13H2,1H3,(H,26,31). The molecule has 5 aromatic rings. The van der Waals surface area contributed by atoms with Gasteiger partial charge in [-0.3, -0.25) is 4.79 Å². The van der Waals surface area contributed by atoms with Crippen molar-refractivity contribution in [1.82, 2.24) is 25.2 Å². The number of benzene rings is 3. The number of carbonyl (C=O) groups excluding carboxylic acids is 2. The molecule has 10 heteroatoms. The zero-order valence-electron chi connectivity index (χ0n) is 18.0. The Hall–Kier alpha value is -4.44. The normalized spacial score (nSPS) is 10.9.